The summed E-state index contributed by atoms with van der Waals surface area (Å²) in [6.07, 6.45) is 6.72. The Kier molecular flexibility index (Phi) is 4.70. The van der Waals surface area contributed by atoms with Gasteiger partial charge in [0.1, 0.15) is 0 Å². The lowest BCUT2D eigenvalue weighted by Gasteiger charge is -2.32. The fourth-order valence-electron chi connectivity index (χ4n) is 3.01. The van der Waals surface area contributed by atoms with E-state index in [-0.39, 0.29) is 10.9 Å². The van der Waals surface area contributed by atoms with Gasteiger partial charge in [-0.3, -0.25) is 0 Å². The molecule has 2 aromatic heterocycles. The van der Waals surface area contributed by atoms with E-state index >= 15 is 0 Å². The zero-order valence-electron chi connectivity index (χ0n) is 13.9. The van der Waals surface area contributed by atoms with Crippen LogP contribution in [0.2, 0.25) is 0 Å². The van der Waals surface area contributed by atoms with Gasteiger partial charge in [0.2, 0.25) is 10.0 Å². The van der Waals surface area contributed by atoms with Crippen molar-refractivity contribution in [2.75, 3.05) is 18.0 Å². The largest absolute Gasteiger partial charge is 0.354 e. The molecule has 1 aliphatic heterocycles. The van der Waals surface area contributed by atoms with Crippen LogP contribution in [0.5, 0.6) is 0 Å². The number of hydrogen-bond donors (Lipinski definition) is 1. The first-order valence-corrected chi connectivity index (χ1v) is 10.5. The smallest absolute Gasteiger partial charge is 0.240 e. The van der Waals surface area contributed by atoms with Crippen molar-refractivity contribution in [2.24, 2.45) is 0 Å². The van der Waals surface area contributed by atoms with Crippen LogP contribution in [0.3, 0.4) is 0 Å². The SMILES string of the molecule is O=S(=O)(NC1CCN(c2cnsn2)CC1)c1ccc(-n2cccn2)cc1. The number of piperidine rings is 1. The lowest BCUT2D eigenvalue weighted by atomic mass is 10.1. The molecular weight excluding hydrogens is 372 g/mol. The van der Waals surface area contributed by atoms with Crippen LogP contribution in [0.25, 0.3) is 5.69 Å². The third kappa shape index (κ3) is 3.62. The molecule has 8 nitrogen and oxygen atoms in total. The summed E-state index contributed by atoms with van der Waals surface area (Å²) in [5.74, 6) is 0.866. The molecule has 4 rings (SSSR count). The van der Waals surface area contributed by atoms with Crippen molar-refractivity contribution in [2.45, 2.75) is 23.8 Å². The van der Waals surface area contributed by atoms with Crippen LogP contribution in [0.1, 0.15) is 12.8 Å². The standard InChI is InChI=1S/C16H18N6O2S2/c23-26(24,15-4-2-14(3-5-15)22-9-1-8-17-22)20-13-6-10-21(11-7-13)16-12-18-25-19-16/h1-5,8-9,12-13,20H,6-7,10-11H2. The number of nitrogens with zero attached hydrogens (tertiary/aromatic N) is 5. The van der Waals surface area contributed by atoms with Crippen molar-refractivity contribution in [3.63, 3.8) is 0 Å². The van der Waals surface area contributed by atoms with Crippen LogP contribution < -0.4 is 9.62 Å². The molecule has 1 saturated heterocycles. The third-order valence-electron chi connectivity index (χ3n) is 4.41. The Morgan fingerprint density at radius 3 is 2.54 bits per heavy atom. The molecule has 1 N–H and O–H groups in total. The van der Waals surface area contributed by atoms with Crippen molar-refractivity contribution < 1.29 is 8.42 Å². The van der Waals surface area contributed by atoms with Crippen molar-refractivity contribution in [1.82, 2.24) is 23.2 Å². The van der Waals surface area contributed by atoms with E-state index in [9.17, 15) is 8.42 Å². The van der Waals surface area contributed by atoms with Crippen LogP contribution in [0, 0.1) is 0 Å². The molecule has 0 radical (unpaired) electrons. The average Bonchev–Trinajstić information content (AvgIpc) is 3.36. The van der Waals surface area contributed by atoms with Gasteiger partial charge in [0.05, 0.1) is 28.5 Å². The van der Waals surface area contributed by atoms with Crippen LogP contribution in [0.4, 0.5) is 5.82 Å². The number of anilines is 1. The van der Waals surface area contributed by atoms with Gasteiger partial charge in [0, 0.05) is 31.5 Å². The lowest BCUT2D eigenvalue weighted by Crippen LogP contribution is -2.44. The van der Waals surface area contributed by atoms with Crippen LogP contribution in [-0.2, 0) is 10.0 Å². The number of hydrogen-bond acceptors (Lipinski definition) is 7. The van der Waals surface area contributed by atoms with Crippen molar-refractivity contribution in [1.29, 1.82) is 0 Å². The van der Waals surface area contributed by atoms with E-state index in [2.05, 4.69) is 23.5 Å². The first kappa shape index (κ1) is 17.1. The first-order chi connectivity index (χ1) is 12.6. The fourth-order valence-corrected chi connectivity index (χ4v) is 4.75. The van der Waals surface area contributed by atoms with Gasteiger partial charge in [-0.2, -0.15) is 13.8 Å². The fraction of sp³-hybridized carbons (Fsp3) is 0.312. The summed E-state index contributed by atoms with van der Waals surface area (Å²) in [4.78, 5) is 2.40. The zero-order valence-corrected chi connectivity index (χ0v) is 15.5. The molecular formula is C16H18N6O2S2. The van der Waals surface area contributed by atoms with Gasteiger partial charge in [-0.25, -0.2) is 17.8 Å². The Morgan fingerprint density at radius 1 is 1.15 bits per heavy atom. The van der Waals surface area contributed by atoms with Crippen molar-refractivity contribution >= 4 is 27.6 Å². The van der Waals surface area contributed by atoms with Crippen LogP contribution in [0.15, 0.2) is 53.8 Å². The van der Waals surface area contributed by atoms with Gasteiger partial charge in [0.25, 0.3) is 0 Å². The summed E-state index contributed by atoms with van der Waals surface area (Å²) in [7, 11) is -3.54. The monoisotopic (exact) mass is 390 g/mol. The zero-order chi connectivity index (χ0) is 18.0. The summed E-state index contributed by atoms with van der Waals surface area (Å²) in [5, 5.41) is 4.14. The van der Waals surface area contributed by atoms with Gasteiger partial charge in [-0.15, -0.1) is 0 Å². The minimum absolute atomic E-state index is 0.0753. The van der Waals surface area contributed by atoms with Crippen molar-refractivity contribution in [3.05, 3.63) is 48.9 Å². The second kappa shape index (κ2) is 7.14. The molecule has 0 spiro atoms. The van der Waals surface area contributed by atoms with Gasteiger partial charge < -0.3 is 4.90 Å². The number of sulfonamides is 1. The molecule has 0 amide bonds. The summed E-state index contributed by atoms with van der Waals surface area (Å²) in [5.41, 5.74) is 0.819. The molecule has 0 aliphatic carbocycles. The minimum atomic E-state index is -3.54. The molecule has 0 atom stereocenters. The molecule has 0 unspecified atom stereocenters. The minimum Gasteiger partial charge on any atom is -0.354 e. The topological polar surface area (TPSA) is 93.0 Å². The molecule has 1 aliphatic rings. The molecule has 0 bridgehead atoms. The molecule has 3 aromatic rings. The van der Waals surface area contributed by atoms with E-state index in [4.69, 9.17) is 0 Å². The van der Waals surface area contributed by atoms with Gasteiger partial charge in [-0.05, 0) is 43.2 Å². The molecule has 3 heterocycles. The number of nitrogens with one attached hydrogen (secondary N) is 1. The Balaban J connectivity index is 1.40. The van der Waals surface area contributed by atoms with E-state index in [1.165, 1.54) is 11.7 Å². The summed E-state index contributed by atoms with van der Waals surface area (Å²) >= 11 is 1.18. The van der Waals surface area contributed by atoms with E-state index in [1.807, 2.05) is 12.3 Å². The van der Waals surface area contributed by atoms with E-state index < -0.39 is 10.0 Å². The summed E-state index contributed by atoms with van der Waals surface area (Å²) < 4.78 is 38.0. The van der Waals surface area contributed by atoms with Crippen molar-refractivity contribution in [3.8, 4) is 5.69 Å². The van der Waals surface area contributed by atoms with Gasteiger partial charge >= 0.3 is 0 Å². The maximum Gasteiger partial charge on any atom is 0.240 e. The highest BCUT2D eigenvalue weighted by Gasteiger charge is 2.25. The Hall–Kier alpha value is -2.30. The highest BCUT2D eigenvalue weighted by molar-refractivity contribution is 7.89. The predicted molar refractivity (Wildman–Crippen MR) is 99.0 cm³/mol. The molecule has 136 valence electrons. The normalized spacial score (nSPS) is 16.1. The molecule has 1 fully saturated rings. The molecule has 26 heavy (non-hydrogen) atoms. The Bertz CT molecular complexity index is 931. The summed E-state index contributed by atoms with van der Waals surface area (Å²) in [6.45, 7) is 1.52. The van der Waals surface area contributed by atoms with E-state index in [0.29, 0.717) is 0 Å². The predicted octanol–water partition coefficient (Wildman–Crippen LogP) is 1.67. The van der Waals surface area contributed by atoms with Gasteiger partial charge in [0.15, 0.2) is 5.82 Å². The Morgan fingerprint density at radius 2 is 1.92 bits per heavy atom. The maximum absolute atomic E-state index is 12.6. The summed E-state index contributed by atoms with van der Waals surface area (Å²) in [6, 6.07) is 8.46. The lowest BCUT2D eigenvalue weighted by molar-refractivity contribution is 0.459. The highest BCUT2D eigenvalue weighted by atomic mass is 32.2. The van der Waals surface area contributed by atoms with Crippen LogP contribution >= 0.6 is 11.7 Å². The number of rotatable bonds is 5. The maximum atomic E-state index is 12.6. The second-order valence-electron chi connectivity index (χ2n) is 6.09. The van der Waals surface area contributed by atoms with Gasteiger partial charge in [-0.1, -0.05) is 0 Å². The average molecular weight is 390 g/mol. The number of benzene rings is 1. The second-order valence-corrected chi connectivity index (χ2v) is 8.36. The highest BCUT2D eigenvalue weighted by Crippen LogP contribution is 2.20. The van der Waals surface area contributed by atoms with Crippen LogP contribution in [-0.4, -0.2) is 46.1 Å². The molecule has 1 aromatic carbocycles. The Labute approximate surface area is 155 Å². The van der Waals surface area contributed by atoms with E-state index in [1.54, 1.807) is 41.3 Å². The quantitative estimate of drug-likeness (QED) is 0.712. The molecule has 10 heteroatoms. The molecule has 0 saturated carbocycles. The third-order valence-corrected chi connectivity index (χ3v) is 6.41. The first-order valence-electron chi connectivity index (χ1n) is 8.27. The number of aromatic nitrogens is 4. The van der Waals surface area contributed by atoms with E-state index in [0.717, 1.165) is 37.4 Å².